The van der Waals surface area contributed by atoms with Crippen LogP contribution in [0.5, 0.6) is 11.5 Å². The third-order valence-electron chi connectivity index (χ3n) is 23.1. The number of aromatic nitrogens is 2. The topological polar surface area (TPSA) is 264 Å². The minimum Gasteiger partial charge on any atom is -0.481 e. The highest BCUT2D eigenvalue weighted by Gasteiger charge is 2.53. The molecule has 3 N–H and O–H groups in total. The number of amides is 7. The predicted molar refractivity (Wildman–Crippen MR) is 520 cm³/mol. The lowest BCUT2D eigenvalue weighted by Gasteiger charge is -2.35. The Morgan fingerprint density at radius 3 is 1.32 bits per heavy atom. The second kappa shape index (κ2) is 43.7. The van der Waals surface area contributed by atoms with Gasteiger partial charge in [0.1, 0.15) is 79.5 Å². The number of aryl methyl sites for hydroxylation is 4. The van der Waals surface area contributed by atoms with E-state index in [1.807, 2.05) is 199 Å². The second-order valence-corrected chi connectivity index (χ2v) is 38.4. The Balaban J connectivity index is 0.000000253. The first-order valence-electron chi connectivity index (χ1n) is 43.1. The fraction of sp³-hybridized carbons (Fsp3) is 0.392. The SMILES string of the molecule is [C-]#[N+]c1ccc(N2C(=O)C(C)(C)N(c3ccc(OCC#CC#CCOCC(=O)N[C@H](C(=O)N4C[C@H](C)C[C@H]4C(=O)NCc4ccc(-c5scnc5C)cc4)C(C)(C)C)cc3)C2=S)cc1C.[C-]#[N+]c1ccc(N2C(=O)C(C)(C)N(c3ccc(OCC#CC#CCOCCC(=O)C[C@H](C(=O)N4C[C@H](C)C[C@H]4C(=O)NCc4ccc(-c5scnc5C)cc4)C(C)(C)C)cc3)C2=S)cc1C. The van der Waals surface area contributed by atoms with Crippen molar-refractivity contribution in [3.05, 3.63) is 201 Å². The van der Waals surface area contributed by atoms with E-state index in [0.29, 0.717) is 83.5 Å². The molecule has 0 spiro atoms. The maximum absolute atomic E-state index is 14.1. The van der Waals surface area contributed by atoms with Gasteiger partial charge in [-0.1, -0.05) is 128 Å². The zero-order chi connectivity index (χ0) is 94.8. The zero-order valence-corrected chi connectivity index (χ0v) is 80.0. The summed E-state index contributed by atoms with van der Waals surface area (Å²) in [7, 11) is 0. The predicted octanol–water partition coefficient (Wildman–Crippen LogP) is 16.2. The van der Waals surface area contributed by atoms with E-state index in [9.17, 15) is 38.4 Å². The van der Waals surface area contributed by atoms with E-state index < -0.39 is 51.9 Å². The van der Waals surface area contributed by atoms with Crippen molar-refractivity contribution in [2.24, 2.45) is 28.6 Å². The molecule has 25 nitrogen and oxygen atoms in total. The number of anilines is 4. The normalized spacial score (nSPS) is 17.1. The minimum absolute atomic E-state index is 0.0543. The van der Waals surface area contributed by atoms with Gasteiger partial charge in [0.25, 0.3) is 11.8 Å². The molecule has 4 aliphatic heterocycles. The van der Waals surface area contributed by atoms with E-state index >= 15 is 0 Å². The van der Waals surface area contributed by atoms with Gasteiger partial charge >= 0.3 is 0 Å². The molecular formula is C102H109N13O12S4. The average molecular weight is 1840 g/mol. The summed E-state index contributed by atoms with van der Waals surface area (Å²) in [5, 5.41) is 9.59. The number of ketones is 1. The Kier molecular flexibility index (Phi) is 32.9. The summed E-state index contributed by atoms with van der Waals surface area (Å²) in [5.74, 6) is 21.2. The first-order chi connectivity index (χ1) is 62.3. The van der Waals surface area contributed by atoms with Crippen molar-refractivity contribution in [2.75, 3.05) is 72.3 Å². The molecule has 0 radical (unpaired) electrons. The monoisotopic (exact) mass is 1840 g/mol. The van der Waals surface area contributed by atoms with Gasteiger partial charge in [-0.2, -0.15) is 0 Å². The molecule has 6 atom stereocenters. The summed E-state index contributed by atoms with van der Waals surface area (Å²) in [6.45, 7) is 46.7. The average Bonchev–Trinajstić information content (AvgIpc) is 1.59. The maximum atomic E-state index is 14.1. The van der Waals surface area contributed by atoms with E-state index in [0.717, 1.165) is 65.9 Å². The Labute approximate surface area is 786 Å². The van der Waals surface area contributed by atoms with Crippen LogP contribution in [0.15, 0.2) is 144 Å². The van der Waals surface area contributed by atoms with E-state index in [4.69, 9.17) is 56.5 Å². The summed E-state index contributed by atoms with van der Waals surface area (Å²) in [6, 6.07) is 38.8. The molecule has 0 saturated carbocycles. The lowest BCUT2D eigenvalue weighted by atomic mass is 9.76. The van der Waals surface area contributed by atoms with E-state index in [-0.39, 0.29) is 106 Å². The van der Waals surface area contributed by atoms with Gasteiger partial charge in [-0.15, -0.1) is 22.7 Å². The van der Waals surface area contributed by atoms with Crippen LogP contribution in [0.25, 0.3) is 30.6 Å². The highest BCUT2D eigenvalue weighted by molar-refractivity contribution is 7.81. The van der Waals surface area contributed by atoms with Gasteiger partial charge in [-0.3, -0.25) is 48.2 Å². The molecule has 6 heterocycles. The highest BCUT2D eigenvalue weighted by Crippen LogP contribution is 2.42. The van der Waals surface area contributed by atoms with Crippen LogP contribution in [-0.4, -0.2) is 159 Å². The number of hydrogen-bond donors (Lipinski definition) is 3. The van der Waals surface area contributed by atoms with Crippen LogP contribution in [0, 0.1) is 117 Å². The lowest BCUT2D eigenvalue weighted by Crippen LogP contribution is -2.58. The van der Waals surface area contributed by atoms with Gasteiger partial charge < -0.3 is 54.5 Å². The van der Waals surface area contributed by atoms with Crippen LogP contribution in [0.2, 0.25) is 0 Å². The molecule has 0 bridgehead atoms. The largest absolute Gasteiger partial charge is 0.481 e. The summed E-state index contributed by atoms with van der Waals surface area (Å²) in [5.41, 5.74) is 11.9. The molecule has 0 unspecified atom stereocenters. The van der Waals surface area contributed by atoms with E-state index in [1.54, 1.807) is 98.0 Å². The Morgan fingerprint density at radius 2 is 0.939 bits per heavy atom. The van der Waals surface area contributed by atoms with Crippen molar-refractivity contribution < 1.29 is 57.3 Å². The number of hydrogen-bond acceptors (Lipinski definition) is 18. The quantitative estimate of drug-likeness (QED) is 0.0178. The Bertz CT molecular complexity index is 5990. The fourth-order valence-corrected chi connectivity index (χ4v) is 18.5. The number of carbonyl (C=O) groups is 8. The smallest absolute Gasteiger partial charge is 0.259 e. The van der Waals surface area contributed by atoms with Crippen molar-refractivity contribution in [2.45, 2.75) is 179 Å². The molecule has 12 rings (SSSR count). The molecule has 0 aliphatic carbocycles. The summed E-state index contributed by atoms with van der Waals surface area (Å²) in [6.07, 6.45) is 1.28. The van der Waals surface area contributed by atoms with Crippen molar-refractivity contribution in [3.63, 3.8) is 0 Å². The summed E-state index contributed by atoms with van der Waals surface area (Å²) < 4.78 is 22.6. The van der Waals surface area contributed by atoms with Crippen molar-refractivity contribution in [1.29, 1.82) is 0 Å². The molecule has 6 aromatic carbocycles. The van der Waals surface area contributed by atoms with E-state index in [1.165, 1.54) is 9.80 Å². The van der Waals surface area contributed by atoms with Crippen LogP contribution in [-0.2, 0) is 60.9 Å². The Morgan fingerprint density at radius 1 is 0.542 bits per heavy atom. The minimum atomic E-state index is -0.952. The van der Waals surface area contributed by atoms with Gasteiger partial charge in [0.15, 0.2) is 21.6 Å². The number of likely N-dealkylation sites (tertiary alicyclic amines) is 2. The van der Waals surface area contributed by atoms with Crippen LogP contribution < -0.4 is 45.0 Å². The molecule has 8 aromatic rings. The molecule has 131 heavy (non-hydrogen) atoms. The number of benzene rings is 6. The number of ether oxygens (including phenoxy) is 4. The van der Waals surface area contributed by atoms with Crippen LogP contribution >= 0.6 is 47.1 Å². The van der Waals surface area contributed by atoms with Gasteiger partial charge in [-0.05, 0) is 257 Å². The first kappa shape index (κ1) is 98.6. The van der Waals surface area contributed by atoms with Crippen LogP contribution in [0.3, 0.4) is 0 Å². The number of thiazole rings is 2. The van der Waals surface area contributed by atoms with Crippen LogP contribution in [0.1, 0.15) is 142 Å². The molecule has 4 aliphatic rings. The fourth-order valence-electron chi connectivity index (χ4n) is 15.9. The molecule has 4 fully saturated rings. The molecule has 2 aromatic heterocycles. The molecule has 678 valence electrons. The number of nitrogens with zero attached hydrogens (tertiary/aromatic N) is 10. The number of carbonyl (C=O) groups excluding carboxylic acids is 8. The second-order valence-electron chi connectivity index (χ2n) is 36.0. The van der Waals surface area contributed by atoms with Crippen molar-refractivity contribution in [1.82, 2.24) is 35.7 Å². The number of thiocarbonyl (C=S) groups is 2. The summed E-state index contributed by atoms with van der Waals surface area (Å²) >= 11 is 14.8. The molecule has 4 saturated heterocycles. The number of Topliss-reactive ketones (excluding diaryl/α,β-unsaturated/α-hetero) is 1. The van der Waals surface area contributed by atoms with Crippen molar-refractivity contribution in [3.8, 4) is 79.7 Å². The highest BCUT2D eigenvalue weighted by atomic mass is 32.1. The third kappa shape index (κ3) is 24.4. The maximum Gasteiger partial charge on any atom is 0.259 e. The standard InChI is InChI=1S/C52H56N6O6S2.C50H53N7O6S2/c1-34-28-45(47(60)54-31-37-14-16-38(17-15-37)46-36(3)55-33-66-46)56(32-34)48(61)43(51(4,5)6)30-41(59)24-27-63-25-12-10-11-13-26-64-42-21-18-39(19-22-42)58-50(65)57(49(62)52(58,7)8)40-20-23-44(53-9)35(2)29-40;1-32-26-41(45(59)52-28-35-14-16-36(17-15-35)43-34(3)53-31-65-43)55(29-32)46(60)44(49(4,5)6)54-42(58)30-62-24-12-10-11-13-25-63-39-21-18-37(19-22-39)57-48(64)56(47(61)50(57,7)8)38-20-23-40(51-9)33(2)27-38/h14-23,29,33-34,43,45H,24-28,30-32H2,1-8H3,(H,54,60);14-23,27,31-32,41,44H,24-26,28-30H2,1-8H3,(H,52,59)(H,54,58)/t34-,43-,45+;32-,41+,44-/m11/s1. The Hall–Kier alpha value is -12.9. The zero-order valence-electron chi connectivity index (χ0n) is 76.7. The number of nitrogens with one attached hydrogen (secondary N) is 3. The third-order valence-corrected chi connectivity index (χ3v) is 25.8. The molecule has 29 heteroatoms. The van der Waals surface area contributed by atoms with Gasteiger partial charge in [0.05, 0.1) is 51.9 Å². The van der Waals surface area contributed by atoms with Crippen LogP contribution in [0.4, 0.5) is 34.1 Å². The van der Waals surface area contributed by atoms with Crippen molar-refractivity contribution >= 4 is 139 Å². The summed E-state index contributed by atoms with van der Waals surface area (Å²) in [4.78, 5) is 136. The lowest BCUT2D eigenvalue weighted by molar-refractivity contribution is -0.146. The van der Waals surface area contributed by atoms with Gasteiger partial charge in [0, 0.05) is 67.7 Å². The molecule has 7 amide bonds. The van der Waals surface area contributed by atoms with Gasteiger partial charge in [-0.25, -0.2) is 19.7 Å². The first-order valence-corrected chi connectivity index (χ1v) is 45.7. The van der Waals surface area contributed by atoms with Gasteiger partial charge in [0.2, 0.25) is 29.5 Å². The molecular weight excluding hydrogens is 1730 g/mol. The van der Waals surface area contributed by atoms with E-state index in [2.05, 4.69) is 83.0 Å². The number of rotatable bonds is 28.